The molecule has 0 spiro atoms. The van der Waals surface area contributed by atoms with Crippen LogP contribution in [-0.2, 0) is 9.59 Å². The Kier molecular flexibility index (Phi) is 5.44. The van der Waals surface area contributed by atoms with Crippen LogP contribution in [0.4, 0.5) is 5.69 Å². The Morgan fingerprint density at radius 3 is 2.31 bits per heavy atom. The number of halogens is 1. The minimum absolute atomic E-state index is 0.0123. The third kappa shape index (κ3) is 4.22. The molecule has 0 radical (unpaired) electrons. The number of thiocarbonyl (C=S) groups is 1. The molecule has 1 aliphatic rings. The molecule has 2 heterocycles. The molecule has 1 fully saturated rings. The first-order valence-corrected chi connectivity index (χ1v) is 10.1. The number of ether oxygens (including phenoxy) is 1. The summed E-state index contributed by atoms with van der Waals surface area (Å²) in [6.07, 6.45) is 1.51. The molecular weight excluding hydrogens is 428 g/mol. The van der Waals surface area contributed by atoms with Crippen LogP contribution in [0, 0.1) is 0 Å². The van der Waals surface area contributed by atoms with Crippen LogP contribution in [0.5, 0.6) is 11.5 Å². The van der Waals surface area contributed by atoms with Crippen LogP contribution in [-0.4, -0.2) is 16.9 Å². The fourth-order valence-electron chi connectivity index (χ4n) is 2.73. The molecule has 29 heavy (non-hydrogen) atoms. The molecule has 2 aromatic carbocycles. The Morgan fingerprint density at radius 1 is 0.966 bits per heavy atom. The van der Waals surface area contributed by atoms with Crippen LogP contribution in [0.2, 0.25) is 4.34 Å². The smallest absolute Gasteiger partial charge is 0.270 e. The summed E-state index contributed by atoms with van der Waals surface area (Å²) in [5.41, 5.74) is 0.511. The summed E-state index contributed by atoms with van der Waals surface area (Å²) in [5.74, 6) is 0.282. The van der Waals surface area contributed by atoms with Crippen molar-refractivity contribution in [3.63, 3.8) is 0 Å². The third-order valence-electron chi connectivity index (χ3n) is 4.06. The molecule has 1 aromatic heterocycles. The van der Waals surface area contributed by atoms with Gasteiger partial charge in [0.25, 0.3) is 11.8 Å². The maximum Gasteiger partial charge on any atom is 0.270 e. The van der Waals surface area contributed by atoms with Crippen LogP contribution < -0.4 is 15.0 Å². The Bertz CT molecular complexity index is 1120. The zero-order chi connectivity index (χ0) is 20.4. The first kappa shape index (κ1) is 19.3. The number of amides is 2. The standard InChI is InChI=1S/C21H13ClN2O3S2/c22-18-11-10-16(29-18)12-17-19(25)23-21(28)24(20(17)26)13-6-8-15(9-7-13)27-14-4-2-1-3-5-14/h1-12H,(H,23,25,28). The van der Waals surface area contributed by atoms with Crippen molar-refractivity contribution in [1.82, 2.24) is 5.32 Å². The molecule has 5 nitrogen and oxygen atoms in total. The number of carbonyl (C=O) groups excluding carboxylic acids is 2. The topological polar surface area (TPSA) is 58.6 Å². The van der Waals surface area contributed by atoms with E-state index in [9.17, 15) is 9.59 Å². The molecule has 0 atom stereocenters. The van der Waals surface area contributed by atoms with E-state index in [1.165, 1.54) is 22.3 Å². The van der Waals surface area contributed by atoms with Crippen molar-refractivity contribution < 1.29 is 14.3 Å². The predicted molar refractivity (Wildman–Crippen MR) is 118 cm³/mol. The number of anilines is 1. The zero-order valence-electron chi connectivity index (χ0n) is 14.8. The van der Waals surface area contributed by atoms with Crippen LogP contribution in [0.25, 0.3) is 6.08 Å². The zero-order valence-corrected chi connectivity index (χ0v) is 17.2. The Hall–Kier alpha value is -3.00. The molecule has 1 aliphatic heterocycles. The Labute approximate surface area is 181 Å². The second kappa shape index (κ2) is 8.16. The van der Waals surface area contributed by atoms with Gasteiger partial charge in [-0.1, -0.05) is 29.8 Å². The van der Waals surface area contributed by atoms with E-state index in [2.05, 4.69) is 5.32 Å². The minimum atomic E-state index is -0.537. The van der Waals surface area contributed by atoms with E-state index in [1.54, 1.807) is 36.4 Å². The maximum atomic E-state index is 13.0. The fourth-order valence-corrected chi connectivity index (χ4v) is 4.01. The van der Waals surface area contributed by atoms with E-state index >= 15 is 0 Å². The molecule has 0 unspecified atom stereocenters. The lowest BCUT2D eigenvalue weighted by Gasteiger charge is -2.28. The first-order chi connectivity index (χ1) is 14.0. The summed E-state index contributed by atoms with van der Waals surface area (Å²) < 4.78 is 6.34. The van der Waals surface area contributed by atoms with Gasteiger partial charge >= 0.3 is 0 Å². The Balaban J connectivity index is 1.59. The highest BCUT2D eigenvalue weighted by atomic mass is 35.5. The second-order valence-electron chi connectivity index (χ2n) is 6.01. The second-order valence-corrected chi connectivity index (χ2v) is 8.14. The van der Waals surface area contributed by atoms with Crippen LogP contribution in [0.3, 0.4) is 0 Å². The van der Waals surface area contributed by atoms with Gasteiger partial charge in [0.2, 0.25) is 0 Å². The van der Waals surface area contributed by atoms with Crippen molar-refractivity contribution in [3.05, 3.63) is 81.5 Å². The lowest BCUT2D eigenvalue weighted by Crippen LogP contribution is -2.54. The summed E-state index contributed by atoms with van der Waals surface area (Å²) in [4.78, 5) is 27.3. The van der Waals surface area contributed by atoms with Gasteiger partial charge in [-0.3, -0.25) is 19.8 Å². The summed E-state index contributed by atoms with van der Waals surface area (Å²) >= 11 is 12.4. The number of nitrogens with zero attached hydrogens (tertiary/aromatic N) is 1. The molecule has 2 amide bonds. The van der Waals surface area contributed by atoms with E-state index in [1.807, 2.05) is 30.3 Å². The van der Waals surface area contributed by atoms with Gasteiger partial charge in [-0.05, 0) is 66.8 Å². The molecule has 1 N–H and O–H groups in total. The van der Waals surface area contributed by atoms with Gasteiger partial charge in [-0.15, -0.1) is 11.3 Å². The largest absolute Gasteiger partial charge is 0.457 e. The number of carbonyl (C=O) groups is 2. The molecule has 8 heteroatoms. The van der Waals surface area contributed by atoms with E-state index in [-0.39, 0.29) is 10.7 Å². The highest BCUT2D eigenvalue weighted by Gasteiger charge is 2.34. The molecule has 144 valence electrons. The van der Waals surface area contributed by atoms with Gasteiger partial charge in [-0.2, -0.15) is 0 Å². The first-order valence-electron chi connectivity index (χ1n) is 8.51. The van der Waals surface area contributed by atoms with E-state index in [0.29, 0.717) is 26.4 Å². The number of nitrogens with one attached hydrogen (secondary N) is 1. The minimum Gasteiger partial charge on any atom is -0.457 e. The number of rotatable bonds is 4. The summed E-state index contributed by atoms with van der Waals surface area (Å²) in [6.45, 7) is 0. The lowest BCUT2D eigenvalue weighted by atomic mass is 10.1. The highest BCUT2D eigenvalue weighted by Crippen LogP contribution is 2.28. The van der Waals surface area contributed by atoms with Crippen molar-refractivity contribution in [2.45, 2.75) is 0 Å². The van der Waals surface area contributed by atoms with Crippen molar-refractivity contribution in [2.75, 3.05) is 4.90 Å². The molecule has 0 bridgehead atoms. The lowest BCUT2D eigenvalue weighted by molar-refractivity contribution is -0.122. The normalized spacial score (nSPS) is 15.6. The number of hydrogen-bond donors (Lipinski definition) is 1. The van der Waals surface area contributed by atoms with Gasteiger partial charge < -0.3 is 4.74 Å². The van der Waals surface area contributed by atoms with E-state index < -0.39 is 11.8 Å². The summed E-state index contributed by atoms with van der Waals surface area (Å²) in [6, 6.07) is 19.7. The number of hydrogen-bond acceptors (Lipinski definition) is 5. The molecule has 3 aromatic rings. The molecular formula is C21H13ClN2O3S2. The van der Waals surface area contributed by atoms with Crippen LogP contribution >= 0.6 is 35.2 Å². The molecule has 4 rings (SSSR count). The third-order valence-corrected chi connectivity index (χ3v) is 5.52. The van der Waals surface area contributed by atoms with Crippen molar-refractivity contribution in [2.24, 2.45) is 0 Å². The molecule has 0 saturated carbocycles. The number of para-hydroxylation sites is 1. The molecule has 0 aliphatic carbocycles. The van der Waals surface area contributed by atoms with Crippen molar-refractivity contribution in [3.8, 4) is 11.5 Å². The van der Waals surface area contributed by atoms with Crippen molar-refractivity contribution >= 4 is 63.8 Å². The quantitative estimate of drug-likeness (QED) is 0.351. The van der Waals surface area contributed by atoms with Gasteiger partial charge in [0, 0.05) is 4.88 Å². The number of thiophene rings is 1. The monoisotopic (exact) mass is 440 g/mol. The average Bonchev–Trinajstić information content (AvgIpc) is 3.12. The van der Waals surface area contributed by atoms with Crippen molar-refractivity contribution in [1.29, 1.82) is 0 Å². The van der Waals surface area contributed by atoms with Gasteiger partial charge in [0.1, 0.15) is 17.1 Å². The Morgan fingerprint density at radius 2 is 1.66 bits per heavy atom. The van der Waals surface area contributed by atoms with Crippen LogP contribution in [0.15, 0.2) is 72.3 Å². The average molecular weight is 441 g/mol. The highest BCUT2D eigenvalue weighted by molar-refractivity contribution is 7.80. The number of benzene rings is 2. The van der Waals surface area contributed by atoms with Gasteiger partial charge in [0.05, 0.1) is 10.0 Å². The molecule has 1 saturated heterocycles. The van der Waals surface area contributed by atoms with E-state index in [4.69, 9.17) is 28.6 Å². The maximum absolute atomic E-state index is 13.0. The summed E-state index contributed by atoms with van der Waals surface area (Å²) in [5, 5.41) is 2.59. The van der Waals surface area contributed by atoms with Gasteiger partial charge in [0.15, 0.2) is 5.11 Å². The SMILES string of the molecule is O=C1NC(=S)N(c2ccc(Oc3ccccc3)cc2)C(=O)C1=Cc1ccc(Cl)s1. The predicted octanol–water partition coefficient (Wildman–Crippen LogP) is 5.03. The van der Waals surface area contributed by atoms with E-state index in [0.717, 1.165) is 0 Å². The van der Waals surface area contributed by atoms with Crippen LogP contribution in [0.1, 0.15) is 4.88 Å². The van der Waals surface area contributed by atoms with Gasteiger partial charge in [-0.25, -0.2) is 0 Å². The fraction of sp³-hybridized carbons (Fsp3) is 0. The summed E-state index contributed by atoms with van der Waals surface area (Å²) in [7, 11) is 0.